The lowest BCUT2D eigenvalue weighted by Gasteiger charge is -2.21. The van der Waals surface area contributed by atoms with Crippen molar-refractivity contribution in [1.82, 2.24) is 0 Å². The molecule has 0 amide bonds. The highest BCUT2D eigenvalue weighted by atomic mass is 32.2. The van der Waals surface area contributed by atoms with Gasteiger partial charge in [-0.25, -0.2) is 0 Å². The molecule has 5 heteroatoms. The number of hydrogen-bond acceptors (Lipinski definition) is 5. The van der Waals surface area contributed by atoms with Crippen LogP contribution in [0.15, 0.2) is 23.1 Å². The molecule has 1 rings (SSSR count). The molecule has 0 aliphatic carbocycles. The zero-order chi connectivity index (χ0) is 13.1. The van der Waals surface area contributed by atoms with Gasteiger partial charge in [-0.15, -0.1) is 11.8 Å². The second-order valence-electron chi connectivity index (χ2n) is 3.98. The highest BCUT2D eigenvalue weighted by molar-refractivity contribution is 8.01. The normalized spacial score (nSPS) is 11.2. The largest absolute Gasteiger partial charge is 0.508 e. The maximum absolute atomic E-state index is 11.7. The summed E-state index contributed by atoms with van der Waals surface area (Å²) in [6.45, 7) is 5.52. The molecular formula is C12H16O4S. The molecule has 94 valence electrons. The smallest absolute Gasteiger partial charge is 0.321 e. The minimum atomic E-state index is -0.787. The number of esters is 1. The molecule has 0 bridgehead atoms. The molecule has 0 saturated heterocycles. The second-order valence-corrected chi connectivity index (χ2v) is 5.65. The van der Waals surface area contributed by atoms with E-state index >= 15 is 0 Å². The topological polar surface area (TPSA) is 66.8 Å². The van der Waals surface area contributed by atoms with E-state index in [1.165, 1.54) is 23.9 Å². The molecule has 0 fully saturated rings. The lowest BCUT2D eigenvalue weighted by Crippen LogP contribution is -2.29. The molecule has 0 unspecified atom stereocenters. The van der Waals surface area contributed by atoms with Crippen LogP contribution in [-0.2, 0) is 9.53 Å². The number of benzene rings is 1. The monoisotopic (exact) mass is 256 g/mol. The summed E-state index contributed by atoms with van der Waals surface area (Å²) in [6, 6.07) is 4.27. The minimum absolute atomic E-state index is 0.0132. The summed E-state index contributed by atoms with van der Waals surface area (Å²) in [7, 11) is 0. The Bertz CT molecular complexity index is 415. The summed E-state index contributed by atoms with van der Waals surface area (Å²) >= 11 is 1.19. The van der Waals surface area contributed by atoms with Gasteiger partial charge in [0.1, 0.15) is 16.2 Å². The molecule has 2 N–H and O–H groups in total. The Morgan fingerprint density at radius 3 is 2.59 bits per heavy atom. The lowest BCUT2D eigenvalue weighted by atomic mass is 10.2. The number of thioether (sulfide) groups is 1. The van der Waals surface area contributed by atoms with Crippen molar-refractivity contribution in [2.75, 3.05) is 6.61 Å². The summed E-state index contributed by atoms with van der Waals surface area (Å²) in [5, 5.41) is 18.8. The highest BCUT2D eigenvalue weighted by Gasteiger charge is 2.31. The molecular weight excluding hydrogens is 240 g/mol. The number of hydrogen-bond donors (Lipinski definition) is 2. The standard InChI is InChI=1S/C12H16O4S/c1-4-16-11(15)12(2,3)17-10-6-5-8(13)7-9(10)14/h5-7,13-14H,4H2,1-3H3. The van der Waals surface area contributed by atoms with Gasteiger partial charge in [0, 0.05) is 6.07 Å². The van der Waals surface area contributed by atoms with E-state index in [0.29, 0.717) is 11.5 Å². The first kappa shape index (κ1) is 13.7. The fourth-order valence-corrected chi connectivity index (χ4v) is 2.21. The maximum atomic E-state index is 11.7. The Kier molecular flexibility index (Phi) is 4.28. The van der Waals surface area contributed by atoms with Gasteiger partial charge in [-0.1, -0.05) is 0 Å². The van der Waals surface area contributed by atoms with Gasteiger partial charge in [0.2, 0.25) is 0 Å². The van der Waals surface area contributed by atoms with Gasteiger partial charge in [0.15, 0.2) is 0 Å². The number of aromatic hydroxyl groups is 2. The third-order valence-electron chi connectivity index (χ3n) is 2.07. The number of phenols is 2. The van der Waals surface area contributed by atoms with Crippen LogP contribution in [-0.4, -0.2) is 27.5 Å². The van der Waals surface area contributed by atoms with Crippen molar-refractivity contribution >= 4 is 17.7 Å². The average molecular weight is 256 g/mol. The van der Waals surface area contributed by atoms with Gasteiger partial charge >= 0.3 is 5.97 Å². The molecule has 0 aliphatic rings. The van der Waals surface area contributed by atoms with Gasteiger partial charge in [0.25, 0.3) is 0 Å². The fraction of sp³-hybridized carbons (Fsp3) is 0.417. The van der Waals surface area contributed by atoms with Crippen molar-refractivity contribution in [2.24, 2.45) is 0 Å². The van der Waals surface area contributed by atoms with Crippen molar-refractivity contribution in [3.8, 4) is 11.5 Å². The van der Waals surface area contributed by atoms with E-state index in [-0.39, 0.29) is 17.5 Å². The minimum Gasteiger partial charge on any atom is -0.508 e. The van der Waals surface area contributed by atoms with Crippen LogP contribution >= 0.6 is 11.8 Å². The molecule has 0 saturated carbocycles. The second kappa shape index (κ2) is 5.31. The van der Waals surface area contributed by atoms with Crippen molar-refractivity contribution in [3.63, 3.8) is 0 Å². The van der Waals surface area contributed by atoms with Crippen LogP contribution in [0.1, 0.15) is 20.8 Å². The Morgan fingerprint density at radius 1 is 1.41 bits per heavy atom. The molecule has 17 heavy (non-hydrogen) atoms. The SMILES string of the molecule is CCOC(=O)C(C)(C)Sc1ccc(O)cc1O. The van der Waals surface area contributed by atoms with Gasteiger partial charge in [0.05, 0.1) is 11.5 Å². The van der Waals surface area contributed by atoms with E-state index in [1.54, 1.807) is 26.8 Å². The van der Waals surface area contributed by atoms with E-state index in [2.05, 4.69) is 0 Å². The molecule has 0 aromatic heterocycles. The Hall–Kier alpha value is -1.36. The molecule has 4 nitrogen and oxygen atoms in total. The zero-order valence-corrected chi connectivity index (χ0v) is 10.9. The first-order valence-electron chi connectivity index (χ1n) is 5.25. The average Bonchev–Trinajstić information content (AvgIpc) is 2.22. The van der Waals surface area contributed by atoms with Crippen LogP contribution in [0.2, 0.25) is 0 Å². The van der Waals surface area contributed by atoms with Crippen molar-refractivity contribution in [3.05, 3.63) is 18.2 Å². The Morgan fingerprint density at radius 2 is 2.06 bits per heavy atom. The first-order chi connectivity index (χ1) is 7.86. The Labute approximate surface area is 105 Å². The zero-order valence-electron chi connectivity index (χ0n) is 10.1. The molecule has 0 radical (unpaired) electrons. The third kappa shape index (κ3) is 3.56. The van der Waals surface area contributed by atoms with Gasteiger partial charge in [-0.2, -0.15) is 0 Å². The van der Waals surface area contributed by atoms with E-state index in [1.807, 2.05) is 0 Å². The number of rotatable bonds is 4. The predicted molar refractivity (Wildman–Crippen MR) is 66.3 cm³/mol. The molecule has 0 heterocycles. The summed E-state index contributed by atoms with van der Waals surface area (Å²) in [6.07, 6.45) is 0. The first-order valence-corrected chi connectivity index (χ1v) is 6.06. The highest BCUT2D eigenvalue weighted by Crippen LogP contribution is 2.39. The van der Waals surface area contributed by atoms with Crippen LogP contribution in [0.3, 0.4) is 0 Å². The van der Waals surface area contributed by atoms with Crippen LogP contribution in [0.4, 0.5) is 0 Å². The van der Waals surface area contributed by atoms with Crippen molar-refractivity contribution < 1.29 is 19.7 Å². The van der Waals surface area contributed by atoms with Crippen molar-refractivity contribution in [2.45, 2.75) is 30.4 Å². The van der Waals surface area contributed by atoms with Gasteiger partial charge < -0.3 is 14.9 Å². The maximum Gasteiger partial charge on any atom is 0.321 e. The number of phenolic OH excluding ortho intramolecular Hbond substituents is 2. The molecule has 1 aromatic rings. The molecule has 0 atom stereocenters. The van der Waals surface area contributed by atoms with Crippen LogP contribution in [0.5, 0.6) is 11.5 Å². The van der Waals surface area contributed by atoms with Gasteiger partial charge in [-0.05, 0) is 32.9 Å². The van der Waals surface area contributed by atoms with Crippen LogP contribution in [0.25, 0.3) is 0 Å². The molecule has 0 spiro atoms. The Balaban J connectivity index is 2.86. The summed E-state index contributed by atoms with van der Waals surface area (Å²) in [4.78, 5) is 12.2. The van der Waals surface area contributed by atoms with E-state index in [0.717, 1.165) is 0 Å². The number of ether oxygens (including phenoxy) is 1. The third-order valence-corrected chi connectivity index (χ3v) is 3.32. The summed E-state index contributed by atoms with van der Waals surface area (Å²) in [5.41, 5.74) is 0. The fourth-order valence-electron chi connectivity index (χ4n) is 1.21. The van der Waals surface area contributed by atoms with E-state index in [9.17, 15) is 9.90 Å². The molecule has 1 aromatic carbocycles. The number of carbonyl (C=O) groups excluding carboxylic acids is 1. The lowest BCUT2D eigenvalue weighted by molar-refractivity contribution is -0.145. The van der Waals surface area contributed by atoms with E-state index in [4.69, 9.17) is 9.84 Å². The molecule has 0 aliphatic heterocycles. The summed E-state index contributed by atoms with van der Waals surface area (Å²) in [5.74, 6) is -0.398. The van der Waals surface area contributed by atoms with Crippen molar-refractivity contribution in [1.29, 1.82) is 0 Å². The quantitative estimate of drug-likeness (QED) is 0.640. The predicted octanol–water partition coefficient (Wildman–Crippen LogP) is 2.53. The van der Waals surface area contributed by atoms with Gasteiger partial charge in [-0.3, -0.25) is 4.79 Å². The summed E-state index contributed by atoms with van der Waals surface area (Å²) < 4.78 is 4.16. The van der Waals surface area contributed by atoms with E-state index < -0.39 is 4.75 Å². The van der Waals surface area contributed by atoms with Crippen LogP contribution in [0, 0.1) is 0 Å². The van der Waals surface area contributed by atoms with Crippen LogP contribution < -0.4 is 0 Å². The number of carbonyl (C=O) groups is 1.